The van der Waals surface area contributed by atoms with Crippen LogP contribution in [0.3, 0.4) is 0 Å². The molecule has 0 aromatic heterocycles. The standard InChI is InChI=1S/C9H14N2O/c1-11-7-2-3-8(11)5-9(12,4-7)6-10/h7-8,12H,2-5H2,1H3/t7-,8-/m1/s1. The maximum absolute atomic E-state index is 9.79. The molecule has 0 aromatic carbocycles. The Labute approximate surface area is 72.6 Å². The van der Waals surface area contributed by atoms with E-state index in [1.54, 1.807) is 0 Å². The zero-order valence-corrected chi connectivity index (χ0v) is 7.32. The number of nitriles is 1. The molecular weight excluding hydrogens is 152 g/mol. The van der Waals surface area contributed by atoms with Gasteiger partial charge < -0.3 is 10.0 Å². The summed E-state index contributed by atoms with van der Waals surface area (Å²) in [5, 5.41) is 18.6. The summed E-state index contributed by atoms with van der Waals surface area (Å²) in [6.45, 7) is 0. The van der Waals surface area contributed by atoms with Gasteiger partial charge in [-0.05, 0) is 19.9 Å². The molecule has 66 valence electrons. The van der Waals surface area contributed by atoms with Gasteiger partial charge in [-0.2, -0.15) is 5.26 Å². The number of hydrogen-bond donors (Lipinski definition) is 1. The average Bonchev–Trinajstić information content (AvgIpc) is 2.32. The number of piperidine rings is 1. The van der Waals surface area contributed by atoms with Crippen LogP contribution in [-0.4, -0.2) is 34.7 Å². The van der Waals surface area contributed by atoms with E-state index in [4.69, 9.17) is 5.26 Å². The quantitative estimate of drug-likeness (QED) is 0.533. The van der Waals surface area contributed by atoms with Crippen molar-refractivity contribution in [1.82, 2.24) is 4.90 Å². The first kappa shape index (κ1) is 8.03. The van der Waals surface area contributed by atoms with Crippen molar-refractivity contribution in [1.29, 1.82) is 5.26 Å². The van der Waals surface area contributed by atoms with Crippen molar-refractivity contribution in [3.63, 3.8) is 0 Å². The highest BCUT2D eigenvalue weighted by Crippen LogP contribution is 2.39. The first-order valence-electron chi connectivity index (χ1n) is 4.50. The number of nitrogens with zero attached hydrogens (tertiary/aromatic N) is 2. The van der Waals surface area contributed by atoms with Crippen molar-refractivity contribution < 1.29 is 5.11 Å². The molecule has 12 heavy (non-hydrogen) atoms. The van der Waals surface area contributed by atoms with Gasteiger partial charge in [0.1, 0.15) is 0 Å². The molecule has 0 amide bonds. The van der Waals surface area contributed by atoms with E-state index in [1.165, 1.54) is 0 Å². The van der Waals surface area contributed by atoms with Gasteiger partial charge >= 0.3 is 0 Å². The summed E-state index contributed by atoms with van der Waals surface area (Å²) >= 11 is 0. The van der Waals surface area contributed by atoms with Crippen molar-refractivity contribution in [2.45, 2.75) is 43.4 Å². The van der Waals surface area contributed by atoms with Crippen LogP contribution in [0.5, 0.6) is 0 Å². The summed E-state index contributed by atoms with van der Waals surface area (Å²) < 4.78 is 0. The molecule has 3 heteroatoms. The molecular formula is C9H14N2O. The van der Waals surface area contributed by atoms with Gasteiger partial charge in [0, 0.05) is 24.9 Å². The van der Waals surface area contributed by atoms with Crippen LogP contribution in [0.15, 0.2) is 0 Å². The van der Waals surface area contributed by atoms with E-state index in [9.17, 15) is 5.11 Å². The molecule has 2 saturated heterocycles. The first-order valence-corrected chi connectivity index (χ1v) is 4.50. The zero-order valence-electron chi connectivity index (χ0n) is 7.32. The maximum Gasteiger partial charge on any atom is 0.154 e. The van der Waals surface area contributed by atoms with Crippen LogP contribution in [0.1, 0.15) is 25.7 Å². The Morgan fingerprint density at radius 2 is 1.92 bits per heavy atom. The largest absolute Gasteiger partial charge is 0.375 e. The maximum atomic E-state index is 9.79. The number of fused-ring (bicyclic) bond motifs is 2. The Bertz CT molecular complexity index is 219. The monoisotopic (exact) mass is 166 g/mol. The fourth-order valence-electron chi connectivity index (χ4n) is 2.54. The zero-order chi connectivity index (χ0) is 8.77. The second-order valence-electron chi connectivity index (χ2n) is 4.10. The van der Waals surface area contributed by atoms with Crippen molar-refractivity contribution in [3.8, 4) is 6.07 Å². The molecule has 3 nitrogen and oxygen atoms in total. The van der Waals surface area contributed by atoms with Gasteiger partial charge in [-0.15, -0.1) is 0 Å². The lowest BCUT2D eigenvalue weighted by molar-refractivity contribution is -0.00173. The molecule has 2 rings (SSSR count). The van der Waals surface area contributed by atoms with Gasteiger partial charge in [-0.1, -0.05) is 0 Å². The summed E-state index contributed by atoms with van der Waals surface area (Å²) in [5.41, 5.74) is -1.03. The van der Waals surface area contributed by atoms with Crippen LogP contribution >= 0.6 is 0 Å². The molecule has 0 spiro atoms. The van der Waals surface area contributed by atoms with Crippen molar-refractivity contribution >= 4 is 0 Å². The summed E-state index contributed by atoms with van der Waals surface area (Å²) in [5.74, 6) is 0. The molecule has 2 heterocycles. The van der Waals surface area contributed by atoms with E-state index in [2.05, 4.69) is 11.9 Å². The van der Waals surface area contributed by atoms with Gasteiger partial charge in [-0.3, -0.25) is 0 Å². The third-order valence-corrected chi connectivity index (χ3v) is 3.34. The Hall–Kier alpha value is -0.590. The molecule has 2 aliphatic heterocycles. The van der Waals surface area contributed by atoms with Crippen molar-refractivity contribution in [2.75, 3.05) is 7.05 Å². The fraction of sp³-hybridized carbons (Fsp3) is 0.889. The van der Waals surface area contributed by atoms with E-state index in [0.29, 0.717) is 24.9 Å². The van der Waals surface area contributed by atoms with Gasteiger partial charge in [-0.25, -0.2) is 0 Å². The van der Waals surface area contributed by atoms with Crippen LogP contribution in [0.2, 0.25) is 0 Å². The van der Waals surface area contributed by atoms with E-state index < -0.39 is 5.60 Å². The lowest BCUT2D eigenvalue weighted by Gasteiger charge is -2.38. The van der Waals surface area contributed by atoms with E-state index >= 15 is 0 Å². The van der Waals surface area contributed by atoms with Gasteiger partial charge in [0.05, 0.1) is 6.07 Å². The predicted octanol–water partition coefficient (Wildman–Crippen LogP) is 0.498. The van der Waals surface area contributed by atoms with Gasteiger partial charge in [0.15, 0.2) is 5.60 Å². The second-order valence-corrected chi connectivity index (χ2v) is 4.10. The van der Waals surface area contributed by atoms with Gasteiger partial charge in [0.2, 0.25) is 0 Å². The number of hydrogen-bond acceptors (Lipinski definition) is 3. The van der Waals surface area contributed by atoms with Crippen LogP contribution in [-0.2, 0) is 0 Å². The van der Waals surface area contributed by atoms with Crippen LogP contribution in [0.25, 0.3) is 0 Å². The van der Waals surface area contributed by atoms with E-state index in [1.807, 2.05) is 6.07 Å². The molecule has 0 radical (unpaired) electrons. The minimum atomic E-state index is -1.03. The summed E-state index contributed by atoms with van der Waals surface area (Å²) in [6, 6.07) is 2.91. The van der Waals surface area contributed by atoms with Crippen LogP contribution in [0, 0.1) is 11.3 Å². The average molecular weight is 166 g/mol. The van der Waals surface area contributed by atoms with Crippen molar-refractivity contribution in [2.24, 2.45) is 0 Å². The second kappa shape index (κ2) is 2.45. The highest BCUT2D eigenvalue weighted by molar-refractivity contribution is 5.10. The first-order chi connectivity index (χ1) is 5.64. The molecule has 1 N–H and O–H groups in total. The molecule has 0 unspecified atom stereocenters. The molecule has 2 bridgehead atoms. The lowest BCUT2D eigenvalue weighted by atomic mass is 9.88. The fourth-order valence-corrected chi connectivity index (χ4v) is 2.54. The predicted molar refractivity (Wildman–Crippen MR) is 44.4 cm³/mol. The third kappa shape index (κ3) is 1.03. The summed E-state index contributed by atoms with van der Waals surface area (Å²) in [7, 11) is 2.10. The Balaban J connectivity index is 2.18. The minimum Gasteiger partial charge on any atom is -0.375 e. The summed E-state index contributed by atoms with van der Waals surface area (Å²) in [4.78, 5) is 2.31. The normalized spacial score (nSPS) is 47.4. The minimum absolute atomic E-state index is 0.438. The molecule has 2 fully saturated rings. The van der Waals surface area contributed by atoms with Gasteiger partial charge in [0.25, 0.3) is 0 Å². The summed E-state index contributed by atoms with van der Waals surface area (Å²) in [6.07, 6.45) is 3.56. The Morgan fingerprint density at radius 1 is 1.42 bits per heavy atom. The number of aliphatic hydroxyl groups is 1. The highest BCUT2D eigenvalue weighted by Gasteiger charge is 2.46. The Kier molecular flexibility index (Phi) is 1.64. The molecule has 0 aliphatic carbocycles. The SMILES string of the molecule is CN1[C@@H]2CC[C@@H]1CC(O)(C#N)C2. The Morgan fingerprint density at radius 3 is 2.33 bits per heavy atom. The van der Waals surface area contributed by atoms with Crippen molar-refractivity contribution in [3.05, 3.63) is 0 Å². The highest BCUT2D eigenvalue weighted by atomic mass is 16.3. The third-order valence-electron chi connectivity index (χ3n) is 3.34. The molecule has 2 atom stereocenters. The molecule has 0 saturated carbocycles. The van der Waals surface area contributed by atoms with E-state index in [-0.39, 0.29) is 0 Å². The van der Waals surface area contributed by atoms with Crippen LogP contribution < -0.4 is 0 Å². The molecule has 0 aromatic rings. The molecule has 2 aliphatic rings. The topological polar surface area (TPSA) is 47.3 Å². The smallest absolute Gasteiger partial charge is 0.154 e. The number of rotatable bonds is 0. The van der Waals surface area contributed by atoms with Crippen LogP contribution in [0.4, 0.5) is 0 Å². The van der Waals surface area contributed by atoms with E-state index in [0.717, 1.165) is 12.8 Å². The lowest BCUT2D eigenvalue weighted by Crippen LogP contribution is -2.48.